The molecular formula is C16H28N4O. The summed E-state index contributed by atoms with van der Waals surface area (Å²) in [4.78, 5) is 19.0. The van der Waals surface area contributed by atoms with Crippen LogP contribution in [0.25, 0.3) is 0 Å². The summed E-state index contributed by atoms with van der Waals surface area (Å²) < 4.78 is 0. The molecular weight excluding hydrogens is 264 g/mol. The quantitative estimate of drug-likeness (QED) is 0.542. The first-order chi connectivity index (χ1) is 10.2. The summed E-state index contributed by atoms with van der Waals surface area (Å²) in [5.74, 6) is 6.06. The van der Waals surface area contributed by atoms with Crippen molar-refractivity contribution in [2.24, 2.45) is 5.84 Å². The van der Waals surface area contributed by atoms with Crippen LogP contribution in [0.4, 0.5) is 5.82 Å². The van der Waals surface area contributed by atoms with E-state index in [2.05, 4.69) is 24.3 Å². The van der Waals surface area contributed by atoms with Crippen molar-refractivity contribution in [3.8, 4) is 0 Å². The lowest BCUT2D eigenvalue weighted by Crippen LogP contribution is -2.33. The smallest absolute Gasteiger partial charge is 0.254 e. The molecule has 0 aliphatic rings. The van der Waals surface area contributed by atoms with Crippen LogP contribution in [0, 0.1) is 0 Å². The van der Waals surface area contributed by atoms with Crippen LogP contribution in [0.2, 0.25) is 0 Å². The highest BCUT2D eigenvalue weighted by Crippen LogP contribution is 2.14. The lowest BCUT2D eigenvalue weighted by molar-refractivity contribution is 0.0751. The fourth-order valence-corrected chi connectivity index (χ4v) is 2.16. The van der Waals surface area contributed by atoms with Crippen molar-refractivity contribution in [3.63, 3.8) is 0 Å². The molecule has 0 aliphatic carbocycles. The van der Waals surface area contributed by atoms with Gasteiger partial charge in [-0.1, -0.05) is 33.6 Å². The van der Waals surface area contributed by atoms with Crippen LogP contribution in [-0.4, -0.2) is 28.9 Å². The number of hydrogen-bond donors (Lipinski definition) is 2. The maximum absolute atomic E-state index is 12.7. The topological polar surface area (TPSA) is 71.2 Å². The van der Waals surface area contributed by atoms with E-state index < -0.39 is 0 Å². The van der Waals surface area contributed by atoms with Crippen LogP contribution < -0.4 is 11.3 Å². The lowest BCUT2D eigenvalue weighted by Gasteiger charge is -2.23. The van der Waals surface area contributed by atoms with Crippen molar-refractivity contribution < 1.29 is 4.79 Å². The van der Waals surface area contributed by atoms with Gasteiger partial charge in [0.2, 0.25) is 0 Å². The van der Waals surface area contributed by atoms with E-state index in [9.17, 15) is 4.79 Å². The number of nitrogens with zero attached hydrogens (tertiary/aromatic N) is 2. The van der Waals surface area contributed by atoms with Gasteiger partial charge < -0.3 is 10.3 Å². The second kappa shape index (κ2) is 9.34. The van der Waals surface area contributed by atoms with E-state index >= 15 is 0 Å². The molecule has 0 aliphatic heterocycles. The molecule has 0 atom stereocenters. The number of amides is 1. The van der Waals surface area contributed by atoms with Gasteiger partial charge in [0.25, 0.3) is 5.91 Å². The summed E-state index contributed by atoms with van der Waals surface area (Å²) in [7, 11) is 0. The summed E-state index contributed by atoms with van der Waals surface area (Å²) in [5.41, 5.74) is 4.08. The molecule has 5 nitrogen and oxygen atoms in total. The Hall–Kier alpha value is -1.62. The molecule has 0 saturated heterocycles. The number of aryl methyl sites for hydroxylation is 1. The van der Waals surface area contributed by atoms with Crippen molar-refractivity contribution in [3.05, 3.63) is 23.4 Å². The van der Waals surface area contributed by atoms with Crippen molar-refractivity contribution >= 4 is 11.7 Å². The second-order valence-electron chi connectivity index (χ2n) is 5.23. The Bertz CT molecular complexity index is 418. The highest BCUT2D eigenvalue weighted by Gasteiger charge is 2.16. The Morgan fingerprint density at radius 2 is 1.81 bits per heavy atom. The second-order valence-corrected chi connectivity index (χ2v) is 5.23. The number of unbranched alkanes of at least 4 members (excludes halogenated alkanes) is 2. The Labute approximate surface area is 127 Å². The highest BCUT2D eigenvalue weighted by molar-refractivity contribution is 5.95. The van der Waals surface area contributed by atoms with E-state index in [4.69, 9.17) is 5.84 Å². The molecule has 1 amide bonds. The number of hydrazine groups is 1. The SMILES string of the molecule is CCCCN(CCCC)C(=O)c1cc(CC)nc(NN)c1. The van der Waals surface area contributed by atoms with Crippen LogP contribution in [0.1, 0.15) is 62.5 Å². The van der Waals surface area contributed by atoms with Gasteiger partial charge in [-0.15, -0.1) is 0 Å². The fraction of sp³-hybridized carbons (Fsp3) is 0.625. The Morgan fingerprint density at radius 1 is 1.19 bits per heavy atom. The first-order valence-electron chi connectivity index (χ1n) is 7.93. The van der Waals surface area contributed by atoms with Crippen LogP contribution in [-0.2, 0) is 6.42 Å². The van der Waals surface area contributed by atoms with E-state index in [1.54, 1.807) is 6.07 Å². The molecule has 0 bridgehead atoms. The number of carbonyl (C=O) groups excluding carboxylic acids is 1. The van der Waals surface area contributed by atoms with Crippen LogP contribution >= 0.6 is 0 Å². The summed E-state index contributed by atoms with van der Waals surface area (Å²) in [6, 6.07) is 3.60. The number of nitrogens with two attached hydrogens (primary N) is 1. The van der Waals surface area contributed by atoms with Gasteiger partial charge in [-0.3, -0.25) is 4.79 Å². The number of aromatic nitrogens is 1. The van der Waals surface area contributed by atoms with Crippen molar-refractivity contribution in [2.45, 2.75) is 52.9 Å². The third-order valence-corrected chi connectivity index (χ3v) is 3.49. The minimum atomic E-state index is 0.0745. The fourth-order valence-electron chi connectivity index (χ4n) is 2.16. The van der Waals surface area contributed by atoms with E-state index in [1.165, 1.54) is 0 Å². The van der Waals surface area contributed by atoms with Gasteiger partial charge >= 0.3 is 0 Å². The molecule has 0 radical (unpaired) electrons. The summed E-state index contributed by atoms with van der Waals surface area (Å²) in [5, 5.41) is 0. The first-order valence-corrected chi connectivity index (χ1v) is 7.93. The van der Waals surface area contributed by atoms with Gasteiger partial charge in [-0.25, -0.2) is 10.8 Å². The molecule has 1 rings (SSSR count). The number of anilines is 1. The highest BCUT2D eigenvalue weighted by atomic mass is 16.2. The normalized spacial score (nSPS) is 10.5. The maximum Gasteiger partial charge on any atom is 0.254 e. The van der Waals surface area contributed by atoms with Crippen molar-refractivity contribution in [2.75, 3.05) is 18.5 Å². The third kappa shape index (κ3) is 5.34. The lowest BCUT2D eigenvalue weighted by atomic mass is 10.1. The van der Waals surface area contributed by atoms with E-state index in [1.807, 2.05) is 17.9 Å². The van der Waals surface area contributed by atoms with Gasteiger partial charge in [0.1, 0.15) is 5.82 Å². The number of rotatable bonds is 9. The number of pyridine rings is 1. The van der Waals surface area contributed by atoms with Crippen molar-refractivity contribution in [1.82, 2.24) is 9.88 Å². The van der Waals surface area contributed by atoms with Crippen LogP contribution in [0.5, 0.6) is 0 Å². The minimum Gasteiger partial charge on any atom is -0.339 e. The van der Waals surface area contributed by atoms with Gasteiger partial charge in [0.05, 0.1) is 0 Å². The average Bonchev–Trinajstić information content (AvgIpc) is 2.53. The molecule has 3 N–H and O–H groups in total. The molecule has 0 saturated carbocycles. The monoisotopic (exact) mass is 292 g/mol. The minimum absolute atomic E-state index is 0.0745. The molecule has 1 heterocycles. The maximum atomic E-state index is 12.7. The predicted octanol–water partition coefficient (Wildman–Crippen LogP) is 2.97. The Kier molecular flexibility index (Phi) is 7.75. The van der Waals surface area contributed by atoms with Crippen LogP contribution in [0.15, 0.2) is 12.1 Å². The largest absolute Gasteiger partial charge is 0.339 e. The first kappa shape index (κ1) is 17.4. The third-order valence-electron chi connectivity index (χ3n) is 3.49. The molecule has 0 aromatic carbocycles. The standard InChI is InChI=1S/C16H28N4O/c1-4-7-9-20(10-8-5-2)16(21)13-11-14(6-3)18-15(12-13)19-17/h11-12H,4-10,17H2,1-3H3,(H,18,19). The number of nitrogens with one attached hydrogen (secondary N) is 1. The van der Waals surface area contributed by atoms with Crippen molar-refractivity contribution in [1.29, 1.82) is 0 Å². The molecule has 118 valence electrons. The van der Waals surface area contributed by atoms with Gasteiger partial charge in [0, 0.05) is 24.3 Å². The van der Waals surface area contributed by atoms with Gasteiger partial charge in [-0.2, -0.15) is 0 Å². The number of carbonyl (C=O) groups is 1. The zero-order valence-electron chi connectivity index (χ0n) is 13.5. The number of hydrogen-bond acceptors (Lipinski definition) is 4. The zero-order chi connectivity index (χ0) is 15.7. The molecule has 0 fully saturated rings. The van der Waals surface area contributed by atoms with E-state index in [-0.39, 0.29) is 5.91 Å². The van der Waals surface area contributed by atoms with E-state index in [0.717, 1.165) is 50.9 Å². The number of nitrogen functional groups attached to an aromatic ring is 1. The van der Waals surface area contributed by atoms with Gasteiger partial charge in [0.15, 0.2) is 0 Å². The predicted molar refractivity (Wildman–Crippen MR) is 87.1 cm³/mol. The Morgan fingerprint density at radius 3 is 2.29 bits per heavy atom. The Balaban J connectivity index is 2.95. The summed E-state index contributed by atoms with van der Waals surface area (Å²) in [6.07, 6.45) is 5.01. The molecule has 21 heavy (non-hydrogen) atoms. The van der Waals surface area contributed by atoms with Gasteiger partial charge in [-0.05, 0) is 31.4 Å². The molecule has 5 heteroatoms. The van der Waals surface area contributed by atoms with Crippen LogP contribution in [0.3, 0.4) is 0 Å². The molecule has 1 aromatic heterocycles. The summed E-state index contributed by atoms with van der Waals surface area (Å²) in [6.45, 7) is 7.92. The summed E-state index contributed by atoms with van der Waals surface area (Å²) >= 11 is 0. The average molecular weight is 292 g/mol. The van der Waals surface area contributed by atoms with E-state index in [0.29, 0.717) is 11.4 Å². The molecule has 0 spiro atoms. The molecule has 0 unspecified atom stereocenters. The zero-order valence-corrected chi connectivity index (χ0v) is 13.5. The molecule has 1 aromatic rings.